The monoisotopic (exact) mass is 299 g/mol. The van der Waals surface area contributed by atoms with Crippen LogP contribution < -0.4 is 4.72 Å². The molecule has 110 valence electrons. The molecule has 0 aliphatic carbocycles. The highest BCUT2D eigenvalue weighted by Gasteiger charge is 2.15. The highest BCUT2D eigenvalue weighted by Crippen LogP contribution is 2.07. The van der Waals surface area contributed by atoms with Crippen LogP contribution in [0.4, 0.5) is 0 Å². The molecule has 0 radical (unpaired) electrons. The number of nitrogens with one attached hydrogen (secondary N) is 2. The zero-order chi connectivity index (χ0) is 14.4. The Kier molecular flexibility index (Phi) is 4.88. The van der Waals surface area contributed by atoms with E-state index in [0.717, 1.165) is 5.82 Å². The van der Waals surface area contributed by atoms with Gasteiger partial charge in [0, 0.05) is 44.7 Å². The van der Waals surface area contributed by atoms with Gasteiger partial charge >= 0.3 is 0 Å². The Hall–Kier alpha value is -1.71. The molecule has 2 rings (SSSR count). The minimum absolute atomic E-state index is 0.0450. The summed E-state index contributed by atoms with van der Waals surface area (Å²) in [6.07, 6.45) is 7.08. The van der Waals surface area contributed by atoms with Gasteiger partial charge < -0.3 is 10.1 Å². The topological polar surface area (TPSA) is 113 Å². The maximum absolute atomic E-state index is 12.0. The first-order valence-corrected chi connectivity index (χ1v) is 7.71. The minimum atomic E-state index is -3.56. The maximum Gasteiger partial charge on any atom is 0.243 e. The molecule has 8 nitrogen and oxygen atoms in total. The molecule has 0 aliphatic heterocycles. The molecular formula is C11H17N5O3S. The summed E-state index contributed by atoms with van der Waals surface area (Å²) in [5.74, 6) is 0.728. The van der Waals surface area contributed by atoms with E-state index in [1.165, 1.54) is 17.1 Å². The maximum atomic E-state index is 12.0. The fourth-order valence-corrected chi connectivity index (χ4v) is 2.64. The highest BCUT2D eigenvalue weighted by molar-refractivity contribution is 7.89. The molecule has 0 fully saturated rings. The second kappa shape index (κ2) is 6.64. The smallest absolute Gasteiger partial charge is 0.243 e. The van der Waals surface area contributed by atoms with E-state index in [4.69, 9.17) is 5.11 Å². The molecule has 0 aromatic carbocycles. The second-order valence-corrected chi connectivity index (χ2v) is 5.97. The van der Waals surface area contributed by atoms with Gasteiger partial charge in [-0.2, -0.15) is 5.10 Å². The molecule has 0 unspecified atom stereocenters. The summed E-state index contributed by atoms with van der Waals surface area (Å²) in [6.45, 7) is 0.791. The lowest BCUT2D eigenvalue weighted by Gasteiger charge is -2.03. The van der Waals surface area contributed by atoms with E-state index < -0.39 is 10.0 Å². The summed E-state index contributed by atoms with van der Waals surface area (Å²) in [7, 11) is -3.56. The quantitative estimate of drug-likeness (QED) is 0.609. The number of sulfonamides is 1. The van der Waals surface area contributed by atoms with E-state index in [0.29, 0.717) is 19.4 Å². The summed E-state index contributed by atoms with van der Waals surface area (Å²) in [4.78, 5) is 7.04. The van der Waals surface area contributed by atoms with Gasteiger partial charge in [0.15, 0.2) is 0 Å². The van der Waals surface area contributed by atoms with Crippen molar-refractivity contribution in [2.75, 3.05) is 13.2 Å². The van der Waals surface area contributed by atoms with Crippen LogP contribution in [0.25, 0.3) is 0 Å². The molecule has 2 aromatic heterocycles. The standard InChI is InChI=1S/C11H17N5O3S/c17-7-1-6-16-9-10(8-14-16)20(18,19)15-3-2-11-12-4-5-13-11/h4-5,8-9,15,17H,1-3,6-7H2,(H,12,13). The van der Waals surface area contributed by atoms with Gasteiger partial charge in [0.25, 0.3) is 0 Å². The van der Waals surface area contributed by atoms with E-state index in [2.05, 4.69) is 19.8 Å². The molecule has 0 amide bonds. The first kappa shape index (κ1) is 14.7. The van der Waals surface area contributed by atoms with Crippen molar-refractivity contribution in [3.63, 3.8) is 0 Å². The van der Waals surface area contributed by atoms with Gasteiger partial charge in [-0.05, 0) is 6.42 Å². The van der Waals surface area contributed by atoms with Crippen LogP contribution >= 0.6 is 0 Å². The number of aliphatic hydroxyl groups is 1. The lowest BCUT2D eigenvalue weighted by Crippen LogP contribution is -2.26. The Bertz CT molecular complexity index is 620. The molecule has 0 bridgehead atoms. The predicted octanol–water partition coefficient (Wildman–Crippen LogP) is -0.490. The highest BCUT2D eigenvalue weighted by atomic mass is 32.2. The van der Waals surface area contributed by atoms with Crippen LogP contribution in [0.5, 0.6) is 0 Å². The Morgan fingerprint density at radius 3 is 3.00 bits per heavy atom. The van der Waals surface area contributed by atoms with Gasteiger partial charge in [0.05, 0.1) is 6.20 Å². The first-order chi connectivity index (χ1) is 9.62. The van der Waals surface area contributed by atoms with Crippen molar-refractivity contribution in [2.45, 2.75) is 24.3 Å². The summed E-state index contributed by atoms with van der Waals surface area (Å²) < 4.78 is 28.0. The van der Waals surface area contributed by atoms with E-state index >= 15 is 0 Å². The number of hydrogen-bond acceptors (Lipinski definition) is 5. The summed E-state index contributed by atoms with van der Waals surface area (Å²) >= 11 is 0. The van der Waals surface area contributed by atoms with Gasteiger partial charge in [0.2, 0.25) is 10.0 Å². The fraction of sp³-hybridized carbons (Fsp3) is 0.455. The zero-order valence-corrected chi connectivity index (χ0v) is 11.7. The molecule has 9 heteroatoms. The largest absolute Gasteiger partial charge is 0.396 e. The van der Waals surface area contributed by atoms with Crippen molar-refractivity contribution in [3.8, 4) is 0 Å². The van der Waals surface area contributed by atoms with Crippen molar-refractivity contribution in [1.82, 2.24) is 24.5 Å². The van der Waals surface area contributed by atoms with Crippen LogP contribution in [0.2, 0.25) is 0 Å². The van der Waals surface area contributed by atoms with Crippen LogP contribution in [0.15, 0.2) is 29.7 Å². The zero-order valence-electron chi connectivity index (χ0n) is 10.9. The number of hydrogen-bond donors (Lipinski definition) is 3. The molecule has 0 aliphatic rings. The van der Waals surface area contributed by atoms with Gasteiger partial charge in [-0.3, -0.25) is 4.68 Å². The number of aliphatic hydroxyl groups excluding tert-OH is 1. The third-order valence-electron chi connectivity index (χ3n) is 2.67. The Balaban J connectivity index is 1.90. The summed E-state index contributed by atoms with van der Waals surface area (Å²) in [5, 5.41) is 12.7. The van der Waals surface area contributed by atoms with Crippen LogP contribution in [0, 0.1) is 0 Å². The van der Waals surface area contributed by atoms with Crippen LogP contribution in [0.3, 0.4) is 0 Å². The normalized spacial score (nSPS) is 11.8. The fourth-order valence-electron chi connectivity index (χ4n) is 1.66. The van der Waals surface area contributed by atoms with Gasteiger partial charge in [0.1, 0.15) is 10.7 Å². The van der Waals surface area contributed by atoms with Gasteiger partial charge in [-0.25, -0.2) is 18.1 Å². The molecule has 2 aromatic rings. The van der Waals surface area contributed by atoms with Crippen molar-refractivity contribution >= 4 is 10.0 Å². The number of rotatable bonds is 8. The Morgan fingerprint density at radius 1 is 1.45 bits per heavy atom. The number of imidazole rings is 1. The van der Waals surface area contributed by atoms with Gasteiger partial charge in [-0.15, -0.1) is 0 Å². The summed E-state index contributed by atoms with van der Waals surface area (Å²) in [5.41, 5.74) is 0. The number of H-pyrrole nitrogens is 1. The third kappa shape index (κ3) is 3.89. The number of aromatic amines is 1. The third-order valence-corrected chi connectivity index (χ3v) is 4.09. The van der Waals surface area contributed by atoms with Crippen molar-refractivity contribution in [1.29, 1.82) is 0 Å². The average molecular weight is 299 g/mol. The van der Waals surface area contributed by atoms with Crippen LogP contribution in [0.1, 0.15) is 12.2 Å². The Morgan fingerprint density at radius 2 is 2.30 bits per heavy atom. The molecule has 20 heavy (non-hydrogen) atoms. The predicted molar refractivity (Wildman–Crippen MR) is 71.4 cm³/mol. The van der Waals surface area contributed by atoms with Crippen molar-refractivity contribution in [2.24, 2.45) is 0 Å². The second-order valence-electron chi connectivity index (χ2n) is 4.20. The van der Waals surface area contributed by atoms with E-state index in [1.54, 1.807) is 12.4 Å². The van der Waals surface area contributed by atoms with Crippen LogP contribution in [-0.2, 0) is 23.0 Å². The Labute approximate surface area is 116 Å². The molecule has 2 heterocycles. The number of aryl methyl sites for hydroxylation is 1. The van der Waals surface area contributed by atoms with Gasteiger partial charge in [-0.1, -0.05) is 0 Å². The molecule has 0 saturated heterocycles. The minimum Gasteiger partial charge on any atom is -0.396 e. The summed E-state index contributed by atoms with van der Waals surface area (Å²) in [6, 6.07) is 0. The first-order valence-electron chi connectivity index (χ1n) is 6.23. The van der Waals surface area contributed by atoms with E-state index in [-0.39, 0.29) is 18.0 Å². The average Bonchev–Trinajstić information content (AvgIpc) is 3.07. The molecule has 3 N–H and O–H groups in total. The molecule has 0 spiro atoms. The van der Waals surface area contributed by atoms with E-state index in [9.17, 15) is 8.42 Å². The van der Waals surface area contributed by atoms with Crippen LogP contribution in [-0.4, -0.2) is 46.4 Å². The lowest BCUT2D eigenvalue weighted by molar-refractivity contribution is 0.277. The van der Waals surface area contributed by atoms with Crippen molar-refractivity contribution < 1.29 is 13.5 Å². The number of nitrogens with zero attached hydrogens (tertiary/aromatic N) is 3. The SMILES string of the molecule is O=S(=O)(NCCc1ncc[nH]1)c1cnn(CCCO)c1. The molecule has 0 atom stereocenters. The molecular weight excluding hydrogens is 282 g/mol. The van der Waals surface area contributed by atoms with E-state index in [1.807, 2.05) is 0 Å². The number of aromatic nitrogens is 4. The lowest BCUT2D eigenvalue weighted by atomic mass is 10.4. The molecule has 0 saturated carbocycles. The van der Waals surface area contributed by atoms with Crippen molar-refractivity contribution in [3.05, 3.63) is 30.6 Å².